The van der Waals surface area contributed by atoms with Crippen LogP contribution >= 0.6 is 0 Å². The van der Waals surface area contributed by atoms with Gasteiger partial charge in [0, 0.05) is 19.6 Å². The molecule has 0 N–H and O–H groups in total. The molecule has 1 fully saturated rings. The van der Waals surface area contributed by atoms with Gasteiger partial charge in [-0.15, -0.1) is 0 Å². The summed E-state index contributed by atoms with van der Waals surface area (Å²) in [6.07, 6.45) is 3.10. The van der Waals surface area contributed by atoms with Crippen LogP contribution in [-0.2, 0) is 28.5 Å². The van der Waals surface area contributed by atoms with Crippen molar-refractivity contribution < 1.29 is 28.5 Å². The largest absolute Gasteiger partial charge is 0.465 e. The van der Waals surface area contributed by atoms with Gasteiger partial charge in [0.1, 0.15) is 0 Å². The van der Waals surface area contributed by atoms with Crippen molar-refractivity contribution >= 4 is 11.9 Å². The zero-order valence-electron chi connectivity index (χ0n) is 14.8. The fourth-order valence-corrected chi connectivity index (χ4v) is 3.20. The third kappa shape index (κ3) is 4.44. The van der Waals surface area contributed by atoms with E-state index in [1.165, 1.54) is 7.11 Å². The molecular formula is C17H30O6. The summed E-state index contributed by atoms with van der Waals surface area (Å²) in [6.45, 7) is 6.51. The van der Waals surface area contributed by atoms with Crippen LogP contribution in [0.1, 0.15) is 52.9 Å². The average molecular weight is 330 g/mol. The van der Waals surface area contributed by atoms with Gasteiger partial charge in [0.25, 0.3) is 0 Å². The standard InChI is InChI=1S/C17H30O6/c1-5-8-12-23-14(20-4)13-10-9-11-17(13,15(18)21-6-2)16(19)22-7-3/h13-14H,5-12H2,1-4H3. The predicted octanol–water partition coefficient (Wildman–Crippen LogP) is 2.69. The van der Waals surface area contributed by atoms with E-state index in [4.69, 9.17) is 18.9 Å². The lowest BCUT2D eigenvalue weighted by Crippen LogP contribution is -2.49. The summed E-state index contributed by atoms with van der Waals surface area (Å²) in [7, 11) is 1.54. The van der Waals surface area contributed by atoms with Gasteiger partial charge in [0.15, 0.2) is 11.7 Å². The lowest BCUT2D eigenvalue weighted by atomic mass is 9.77. The highest BCUT2D eigenvalue weighted by Gasteiger charge is 2.60. The lowest BCUT2D eigenvalue weighted by molar-refractivity contribution is -0.203. The summed E-state index contributed by atoms with van der Waals surface area (Å²) in [4.78, 5) is 25.2. The van der Waals surface area contributed by atoms with Crippen molar-refractivity contribution in [3.63, 3.8) is 0 Å². The molecule has 6 nitrogen and oxygen atoms in total. The van der Waals surface area contributed by atoms with E-state index in [9.17, 15) is 9.59 Å². The van der Waals surface area contributed by atoms with Gasteiger partial charge in [-0.1, -0.05) is 19.8 Å². The lowest BCUT2D eigenvalue weighted by Gasteiger charge is -2.34. The highest BCUT2D eigenvalue weighted by molar-refractivity contribution is 6.00. The summed E-state index contributed by atoms with van der Waals surface area (Å²) >= 11 is 0. The number of carbonyl (C=O) groups is 2. The normalized spacial score (nSPS) is 21.0. The van der Waals surface area contributed by atoms with Crippen molar-refractivity contribution in [1.82, 2.24) is 0 Å². The van der Waals surface area contributed by atoms with E-state index in [-0.39, 0.29) is 19.1 Å². The maximum atomic E-state index is 12.6. The fraction of sp³-hybridized carbons (Fsp3) is 0.882. The molecule has 0 amide bonds. The molecule has 0 bridgehead atoms. The number of methoxy groups -OCH3 is 1. The van der Waals surface area contributed by atoms with Crippen LogP contribution in [0, 0.1) is 11.3 Å². The van der Waals surface area contributed by atoms with Crippen LogP contribution in [0.2, 0.25) is 0 Å². The molecule has 0 aromatic heterocycles. The summed E-state index contributed by atoms with van der Waals surface area (Å²) in [6, 6.07) is 0. The van der Waals surface area contributed by atoms with E-state index in [0.29, 0.717) is 19.4 Å². The molecule has 1 aliphatic carbocycles. The molecule has 0 saturated heterocycles. The van der Waals surface area contributed by atoms with Crippen LogP contribution < -0.4 is 0 Å². The van der Waals surface area contributed by atoms with E-state index in [1.54, 1.807) is 13.8 Å². The molecule has 134 valence electrons. The van der Waals surface area contributed by atoms with Gasteiger partial charge >= 0.3 is 11.9 Å². The molecular weight excluding hydrogens is 300 g/mol. The Labute approximate surface area is 138 Å². The molecule has 1 saturated carbocycles. The van der Waals surface area contributed by atoms with Gasteiger partial charge in [-0.05, 0) is 33.1 Å². The number of carbonyl (C=O) groups excluding carboxylic acids is 2. The van der Waals surface area contributed by atoms with Crippen LogP contribution in [0.25, 0.3) is 0 Å². The Bertz CT molecular complexity index is 363. The Balaban J connectivity index is 3.04. The zero-order valence-corrected chi connectivity index (χ0v) is 14.8. The van der Waals surface area contributed by atoms with Crippen LogP contribution in [0.15, 0.2) is 0 Å². The Kier molecular flexibility index (Phi) is 8.55. The molecule has 1 rings (SSSR count). The van der Waals surface area contributed by atoms with Crippen molar-refractivity contribution in [2.75, 3.05) is 26.9 Å². The van der Waals surface area contributed by atoms with Crippen LogP contribution in [0.5, 0.6) is 0 Å². The first-order chi connectivity index (χ1) is 11.1. The van der Waals surface area contributed by atoms with E-state index in [0.717, 1.165) is 19.3 Å². The van der Waals surface area contributed by atoms with E-state index in [1.807, 2.05) is 0 Å². The van der Waals surface area contributed by atoms with Gasteiger partial charge < -0.3 is 18.9 Å². The van der Waals surface area contributed by atoms with Crippen molar-refractivity contribution in [3.05, 3.63) is 0 Å². The SMILES string of the molecule is CCCCOC(OC)C1CCCC1(C(=O)OCC)C(=O)OCC. The molecule has 2 unspecified atom stereocenters. The Morgan fingerprint density at radius 1 is 1.13 bits per heavy atom. The van der Waals surface area contributed by atoms with Crippen molar-refractivity contribution in [2.45, 2.75) is 59.2 Å². The molecule has 0 aromatic rings. The van der Waals surface area contributed by atoms with E-state index >= 15 is 0 Å². The number of rotatable bonds is 10. The molecule has 0 aromatic carbocycles. The first-order valence-electron chi connectivity index (χ1n) is 8.57. The predicted molar refractivity (Wildman–Crippen MR) is 84.7 cm³/mol. The first-order valence-corrected chi connectivity index (χ1v) is 8.57. The van der Waals surface area contributed by atoms with E-state index < -0.39 is 23.6 Å². The minimum Gasteiger partial charge on any atom is -0.465 e. The third-order valence-corrected chi connectivity index (χ3v) is 4.34. The maximum Gasteiger partial charge on any atom is 0.323 e. The summed E-state index contributed by atoms with van der Waals surface area (Å²) in [5, 5.41) is 0. The molecule has 0 spiro atoms. The van der Waals surface area contributed by atoms with Gasteiger partial charge in [0.2, 0.25) is 0 Å². The fourth-order valence-electron chi connectivity index (χ4n) is 3.20. The van der Waals surface area contributed by atoms with Crippen molar-refractivity contribution in [2.24, 2.45) is 11.3 Å². The Hall–Kier alpha value is -1.14. The monoisotopic (exact) mass is 330 g/mol. The minimum absolute atomic E-state index is 0.223. The number of ether oxygens (including phenoxy) is 4. The van der Waals surface area contributed by atoms with Crippen LogP contribution in [0.4, 0.5) is 0 Å². The highest BCUT2D eigenvalue weighted by Crippen LogP contribution is 2.48. The smallest absolute Gasteiger partial charge is 0.323 e. The summed E-state index contributed by atoms with van der Waals surface area (Å²) in [5.41, 5.74) is -1.32. The molecule has 2 atom stereocenters. The van der Waals surface area contributed by atoms with Gasteiger partial charge in [-0.2, -0.15) is 0 Å². The second-order valence-corrected chi connectivity index (χ2v) is 5.74. The Morgan fingerprint density at radius 2 is 1.74 bits per heavy atom. The maximum absolute atomic E-state index is 12.6. The molecule has 0 heterocycles. The molecule has 23 heavy (non-hydrogen) atoms. The highest BCUT2D eigenvalue weighted by atomic mass is 16.7. The topological polar surface area (TPSA) is 71.1 Å². The number of hydrogen-bond acceptors (Lipinski definition) is 6. The quantitative estimate of drug-likeness (QED) is 0.265. The van der Waals surface area contributed by atoms with Gasteiger partial charge in [0.05, 0.1) is 13.2 Å². The average Bonchev–Trinajstić information content (AvgIpc) is 2.98. The molecule has 0 aliphatic heterocycles. The summed E-state index contributed by atoms with van der Waals surface area (Å²) < 4.78 is 21.6. The van der Waals surface area contributed by atoms with Crippen LogP contribution in [0.3, 0.4) is 0 Å². The number of hydrogen-bond donors (Lipinski definition) is 0. The number of esters is 2. The zero-order chi connectivity index (χ0) is 17.3. The van der Waals surface area contributed by atoms with Crippen molar-refractivity contribution in [1.29, 1.82) is 0 Å². The van der Waals surface area contributed by atoms with Crippen LogP contribution in [-0.4, -0.2) is 45.2 Å². The first kappa shape index (κ1) is 19.9. The Morgan fingerprint density at radius 3 is 2.22 bits per heavy atom. The molecule has 6 heteroatoms. The molecule has 1 aliphatic rings. The third-order valence-electron chi connectivity index (χ3n) is 4.34. The number of unbranched alkanes of at least 4 members (excludes halogenated alkanes) is 1. The van der Waals surface area contributed by atoms with Crippen molar-refractivity contribution in [3.8, 4) is 0 Å². The molecule has 0 radical (unpaired) electrons. The minimum atomic E-state index is -1.32. The second-order valence-electron chi connectivity index (χ2n) is 5.74. The summed E-state index contributed by atoms with van der Waals surface area (Å²) in [5.74, 6) is -1.44. The van der Waals surface area contributed by atoms with Gasteiger partial charge in [-0.3, -0.25) is 9.59 Å². The van der Waals surface area contributed by atoms with Gasteiger partial charge in [-0.25, -0.2) is 0 Å². The second kappa shape index (κ2) is 9.88. The van der Waals surface area contributed by atoms with E-state index in [2.05, 4.69) is 6.92 Å².